The van der Waals surface area contributed by atoms with Crippen LogP contribution in [0, 0.1) is 0 Å². The Hall–Kier alpha value is -0.500. The van der Waals surface area contributed by atoms with Crippen LogP contribution in [0.1, 0.15) is 30.7 Å². The van der Waals surface area contributed by atoms with Crippen LogP contribution in [0.15, 0.2) is 6.20 Å². The molecule has 0 aliphatic rings. The van der Waals surface area contributed by atoms with Crippen LogP contribution < -0.4 is 10.5 Å². The predicted octanol–water partition coefficient (Wildman–Crippen LogP) is 0.820. The molecule has 0 aliphatic heterocycles. The SMILES string of the molecule is CC(C)(C)NCc1cnc(CS(N)(=O)=O)s1. The van der Waals surface area contributed by atoms with Gasteiger partial charge in [-0.2, -0.15) is 0 Å². The molecule has 1 heterocycles. The highest BCUT2D eigenvalue weighted by Gasteiger charge is 2.12. The molecule has 5 nitrogen and oxygen atoms in total. The summed E-state index contributed by atoms with van der Waals surface area (Å²) >= 11 is 1.37. The first-order chi connectivity index (χ1) is 7.16. The number of hydrogen-bond donors (Lipinski definition) is 2. The summed E-state index contributed by atoms with van der Waals surface area (Å²) in [5, 5.41) is 8.78. The first-order valence-electron chi connectivity index (χ1n) is 4.85. The molecule has 0 saturated carbocycles. The molecule has 0 unspecified atom stereocenters. The van der Waals surface area contributed by atoms with Crippen LogP contribution in [-0.2, 0) is 22.3 Å². The van der Waals surface area contributed by atoms with E-state index in [-0.39, 0.29) is 11.3 Å². The van der Waals surface area contributed by atoms with Gasteiger partial charge < -0.3 is 5.32 Å². The summed E-state index contributed by atoms with van der Waals surface area (Å²) < 4.78 is 21.7. The molecular weight excluding hydrogens is 246 g/mol. The summed E-state index contributed by atoms with van der Waals surface area (Å²) in [4.78, 5) is 5.03. The van der Waals surface area contributed by atoms with E-state index in [1.54, 1.807) is 6.20 Å². The van der Waals surface area contributed by atoms with Crippen molar-refractivity contribution in [2.24, 2.45) is 5.14 Å². The maximum atomic E-state index is 10.9. The van der Waals surface area contributed by atoms with E-state index in [1.165, 1.54) is 11.3 Å². The number of nitrogens with one attached hydrogen (secondary N) is 1. The summed E-state index contributed by atoms with van der Waals surface area (Å²) in [6.45, 7) is 6.89. The van der Waals surface area contributed by atoms with Gasteiger partial charge in [0.1, 0.15) is 10.8 Å². The van der Waals surface area contributed by atoms with Gasteiger partial charge in [0.25, 0.3) is 0 Å². The van der Waals surface area contributed by atoms with Crippen LogP contribution in [0.3, 0.4) is 0 Å². The maximum absolute atomic E-state index is 10.9. The molecule has 1 aromatic rings. The van der Waals surface area contributed by atoms with Crippen LogP contribution in [0.5, 0.6) is 0 Å². The largest absolute Gasteiger partial charge is 0.307 e. The highest BCUT2D eigenvalue weighted by Crippen LogP contribution is 2.15. The van der Waals surface area contributed by atoms with Crippen molar-refractivity contribution in [2.45, 2.75) is 38.6 Å². The third-order valence-electron chi connectivity index (χ3n) is 1.72. The first-order valence-corrected chi connectivity index (χ1v) is 7.38. The zero-order chi connectivity index (χ0) is 12.4. The van der Waals surface area contributed by atoms with Crippen LogP contribution in [0.25, 0.3) is 0 Å². The van der Waals surface area contributed by atoms with E-state index >= 15 is 0 Å². The van der Waals surface area contributed by atoms with Crippen LogP contribution >= 0.6 is 11.3 Å². The Bertz CT molecular complexity index is 446. The highest BCUT2D eigenvalue weighted by molar-refractivity contribution is 7.88. The number of aromatic nitrogens is 1. The molecule has 16 heavy (non-hydrogen) atoms. The Kier molecular flexibility index (Phi) is 4.06. The van der Waals surface area contributed by atoms with Gasteiger partial charge in [0, 0.05) is 23.2 Å². The lowest BCUT2D eigenvalue weighted by Gasteiger charge is -2.19. The molecule has 0 amide bonds. The minimum absolute atomic E-state index is 0.0318. The summed E-state index contributed by atoms with van der Waals surface area (Å²) in [5.41, 5.74) is 0.0318. The van der Waals surface area contributed by atoms with E-state index in [4.69, 9.17) is 5.14 Å². The van der Waals surface area contributed by atoms with Gasteiger partial charge in [-0.15, -0.1) is 11.3 Å². The van der Waals surface area contributed by atoms with Gasteiger partial charge >= 0.3 is 0 Å². The number of nitrogens with two attached hydrogens (primary N) is 1. The van der Waals surface area contributed by atoms with Crippen LogP contribution in [0.2, 0.25) is 0 Å². The van der Waals surface area contributed by atoms with E-state index < -0.39 is 10.0 Å². The maximum Gasteiger partial charge on any atom is 0.215 e. The second-order valence-corrected chi connectivity index (χ2v) is 7.45. The fraction of sp³-hybridized carbons (Fsp3) is 0.667. The standard InChI is InChI=1S/C9H17N3O2S2/c1-9(2,3)12-5-7-4-11-8(15-7)6-16(10,13)14/h4,12H,5-6H2,1-3H3,(H2,10,13,14). The quantitative estimate of drug-likeness (QED) is 0.842. The zero-order valence-corrected chi connectivity index (χ0v) is 11.3. The molecule has 1 aromatic heterocycles. The average Bonchev–Trinajstić information content (AvgIpc) is 2.44. The van der Waals surface area contributed by atoms with Crippen LogP contribution in [0.4, 0.5) is 0 Å². The van der Waals surface area contributed by atoms with Crippen LogP contribution in [-0.4, -0.2) is 18.9 Å². The third-order valence-corrected chi connectivity index (χ3v) is 3.57. The molecule has 0 atom stereocenters. The lowest BCUT2D eigenvalue weighted by Crippen LogP contribution is -2.34. The lowest BCUT2D eigenvalue weighted by atomic mass is 10.1. The molecule has 0 radical (unpaired) electrons. The Morgan fingerprint density at radius 2 is 2.12 bits per heavy atom. The predicted molar refractivity (Wildman–Crippen MR) is 65.5 cm³/mol. The molecule has 0 fully saturated rings. The molecule has 92 valence electrons. The summed E-state index contributed by atoms with van der Waals surface area (Å²) in [7, 11) is -3.48. The third kappa shape index (κ3) is 5.55. The van der Waals surface area contributed by atoms with Crippen molar-refractivity contribution in [1.29, 1.82) is 0 Å². The fourth-order valence-corrected chi connectivity index (χ4v) is 2.83. The topological polar surface area (TPSA) is 85.1 Å². The fourth-order valence-electron chi connectivity index (χ4n) is 1.02. The Labute approximate surface area is 100 Å². The minimum Gasteiger partial charge on any atom is -0.307 e. The Morgan fingerprint density at radius 3 is 2.62 bits per heavy atom. The second-order valence-electron chi connectivity index (χ2n) is 4.63. The smallest absolute Gasteiger partial charge is 0.215 e. The summed E-state index contributed by atoms with van der Waals surface area (Å²) in [6.07, 6.45) is 1.68. The van der Waals surface area contributed by atoms with Crippen molar-refractivity contribution in [1.82, 2.24) is 10.3 Å². The van der Waals surface area contributed by atoms with Gasteiger partial charge in [0.2, 0.25) is 10.0 Å². The number of nitrogens with zero attached hydrogens (tertiary/aromatic N) is 1. The van der Waals surface area contributed by atoms with Gasteiger partial charge in [-0.1, -0.05) is 0 Å². The summed E-state index contributed by atoms with van der Waals surface area (Å²) in [6, 6.07) is 0. The number of primary sulfonamides is 1. The Balaban J connectivity index is 2.59. The first kappa shape index (κ1) is 13.6. The zero-order valence-electron chi connectivity index (χ0n) is 9.65. The van der Waals surface area contributed by atoms with E-state index in [9.17, 15) is 8.42 Å². The van der Waals surface area contributed by atoms with Crippen molar-refractivity contribution in [3.63, 3.8) is 0 Å². The van der Waals surface area contributed by atoms with Gasteiger partial charge in [-0.3, -0.25) is 0 Å². The number of hydrogen-bond acceptors (Lipinski definition) is 5. The molecular formula is C9H17N3O2S2. The number of thiazole rings is 1. The number of sulfonamides is 1. The number of rotatable bonds is 4. The van der Waals surface area contributed by atoms with E-state index in [0.29, 0.717) is 11.6 Å². The van der Waals surface area contributed by atoms with Crippen molar-refractivity contribution in [2.75, 3.05) is 0 Å². The lowest BCUT2D eigenvalue weighted by molar-refractivity contribution is 0.426. The molecule has 1 rings (SSSR count). The molecule has 7 heteroatoms. The minimum atomic E-state index is -3.48. The second kappa shape index (κ2) is 4.79. The van der Waals surface area contributed by atoms with E-state index in [0.717, 1.165) is 4.88 Å². The van der Waals surface area contributed by atoms with Crippen molar-refractivity contribution in [3.8, 4) is 0 Å². The monoisotopic (exact) mass is 263 g/mol. The van der Waals surface area contributed by atoms with Crippen molar-refractivity contribution >= 4 is 21.4 Å². The van der Waals surface area contributed by atoms with Gasteiger partial charge in [-0.25, -0.2) is 18.5 Å². The van der Waals surface area contributed by atoms with E-state index in [1.807, 2.05) is 0 Å². The van der Waals surface area contributed by atoms with Gasteiger partial charge in [0.15, 0.2) is 0 Å². The molecule has 0 aromatic carbocycles. The van der Waals surface area contributed by atoms with Gasteiger partial charge in [-0.05, 0) is 20.8 Å². The molecule has 0 saturated heterocycles. The molecule has 0 aliphatic carbocycles. The van der Waals surface area contributed by atoms with E-state index in [2.05, 4.69) is 31.1 Å². The molecule has 0 spiro atoms. The highest BCUT2D eigenvalue weighted by atomic mass is 32.2. The van der Waals surface area contributed by atoms with Crippen molar-refractivity contribution in [3.05, 3.63) is 16.1 Å². The molecule has 0 bridgehead atoms. The van der Waals surface area contributed by atoms with Gasteiger partial charge in [0.05, 0.1) is 0 Å². The summed E-state index contributed by atoms with van der Waals surface area (Å²) in [5.74, 6) is -0.187. The normalized spacial score (nSPS) is 13.0. The molecule has 3 N–H and O–H groups in total. The Morgan fingerprint density at radius 1 is 1.50 bits per heavy atom. The average molecular weight is 263 g/mol. The van der Waals surface area contributed by atoms with Crippen molar-refractivity contribution < 1.29 is 8.42 Å².